The van der Waals surface area contributed by atoms with E-state index in [1.807, 2.05) is 9.80 Å². The maximum Gasteiger partial charge on any atom is 0.417 e. The molecule has 0 saturated carbocycles. The fourth-order valence-corrected chi connectivity index (χ4v) is 3.38. The predicted molar refractivity (Wildman–Crippen MR) is 101 cm³/mol. The van der Waals surface area contributed by atoms with E-state index in [1.54, 1.807) is 6.92 Å². The molecule has 2 aromatic rings. The maximum atomic E-state index is 13.6. The molecule has 0 amide bonds. The normalized spacial score (nSPS) is 15.9. The van der Waals surface area contributed by atoms with Gasteiger partial charge in [0.1, 0.15) is 17.1 Å². The van der Waals surface area contributed by atoms with Crippen molar-refractivity contribution in [2.75, 3.05) is 37.7 Å². The van der Waals surface area contributed by atoms with Gasteiger partial charge < -0.3 is 9.64 Å². The van der Waals surface area contributed by atoms with Crippen molar-refractivity contribution in [2.45, 2.75) is 32.6 Å². The highest BCUT2D eigenvalue weighted by molar-refractivity contribution is 5.90. The van der Waals surface area contributed by atoms with Crippen molar-refractivity contribution in [2.24, 2.45) is 0 Å². The number of carbonyl (C=O) groups excluding carboxylic acids is 1. The van der Waals surface area contributed by atoms with Crippen LogP contribution in [0.1, 0.15) is 41.4 Å². The van der Waals surface area contributed by atoms with E-state index in [9.17, 15) is 26.7 Å². The SMILES string of the molecule is CCOC(=O)c1cnn(CN2CCCN(c3ccc(C(F)(F)F)cn3)CC2)c1C(F)F. The van der Waals surface area contributed by atoms with Crippen molar-refractivity contribution in [3.63, 3.8) is 0 Å². The summed E-state index contributed by atoms with van der Waals surface area (Å²) >= 11 is 0. The average Bonchev–Trinajstić information content (AvgIpc) is 2.99. The lowest BCUT2D eigenvalue weighted by Crippen LogP contribution is -2.33. The van der Waals surface area contributed by atoms with Gasteiger partial charge in [0, 0.05) is 32.4 Å². The summed E-state index contributed by atoms with van der Waals surface area (Å²) in [5.41, 5.74) is -1.57. The zero-order chi connectivity index (χ0) is 22.6. The van der Waals surface area contributed by atoms with Crippen LogP contribution in [0.5, 0.6) is 0 Å². The second-order valence-corrected chi connectivity index (χ2v) is 6.97. The number of ether oxygens (including phenoxy) is 1. The molecule has 1 aliphatic rings. The van der Waals surface area contributed by atoms with Crippen LogP contribution in [-0.2, 0) is 17.6 Å². The number of esters is 1. The monoisotopic (exact) mass is 447 g/mol. The van der Waals surface area contributed by atoms with Crippen LogP contribution in [0.15, 0.2) is 24.5 Å². The van der Waals surface area contributed by atoms with E-state index in [0.717, 1.165) is 23.1 Å². The van der Waals surface area contributed by atoms with Crippen molar-refractivity contribution in [1.82, 2.24) is 19.7 Å². The molecule has 31 heavy (non-hydrogen) atoms. The van der Waals surface area contributed by atoms with Gasteiger partial charge in [0.25, 0.3) is 6.43 Å². The quantitative estimate of drug-likeness (QED) is 0.498. The summed E-state index contributed by atoms with van der Waals surface area (Å²) in [4.78, 5) is 19.6. The molecule has 0 aromatic carbocycles. The van der Waals surface area contributed by atoms with Gasteiger partial charge in [-0.25, -0.2) is 23.2 Å². The Balaban J connectivity index is 1.67. The van der Waals surface area contributed by atoms with Crippen LogP contribution in [-0.4, -0.2) is 58.4 Å². The summed E-state index contributed by atoms with van der Waals surface area (Å²) in [5.74, 6) is -0.425. The number of pyridine rings is 1. The Morgan fingerprint density at radius 2 is 1.94 bits per heavy atom. The van der Waals surface area contributed by atoms with Gasteiger partial charge in [-0.1, -0.05) is 0 Å². The van der Waals surface area contributed by atoms with Crippen LogP contribution in [0.2, 0.25) is 0 Å². The van der Waals surface area contributed by atoms with Crippen LogP contribution < -0.4 is 4.90 Å². The number of halogens is 5. The van der Waals surface area contributed by atoms with Gasteiger partial charge in [0.2, 0.25) is 0 Å². The zero-order valence-corrected chi connectivity index (χ0v) is 16.8. The Labute approximate surface area is 175 Å². The first kappa shape index (κ1) is 22.9. The number of nitrogens with zero attached hydrogens (tertiary/aromatic N) is 5. The van der Waals surface area contributed by atoms with Gasteiger partial charge in [-0.15, -0.1) is 0 Å². The zero-order valence-electron chi connectivity index (χ0n) is 16.8. The molecule has 0 unspecified atom stereocenters. The van der Waals surface area contributed by atoms with Crippen LogP contribution in [0.3, 0.4) is 0 Å². The van der Waals surface area contributed by atoms with Gasteiger partial charge in [-0.05, 0) is 25.5 Å². The second kappa shape index (κ2) is 9.58. The smallest absolute Gasteiger partial charge is 0.417 e. The molecule has 0 aliphatic carbocycles. The summed E-state index contributed by atoms with van der Waals surface area (Å²) in [6, 6.07) is 2.31. The van der Waals surface area contributed by atoms with Gasteiger partial charge in [-0.2, -0.15) is 18.3 Å². The molecular formula is C19H22F5N5O2. The van der Waals surface area contributed by atoms with E-state index in [1.165, 1.54) is 6.07 Å². The molecule has 7 nitrogen and oxygen atoms in total. The van der Waals surface area contributed by atoms with Crippen molar-refractivity contribution in [1.29, 1.82) is 0 Å². The van der Waals surface area contributed by atoms with E-state index < -0.39 is 29.8 Å². The third-order valence-corrected chi connectivity index (χ3v) is 4.90. The summed E-state index contributed by atoms with van der Waals surface area (Å²) in [6.07, 6.45) is -4.82. The first-order chi connectivity index (χ1) is 14.7. The van der Waals surface area contributed by atoms with Crippen molar-refractivity contribution in [3.8, 4) is 0 Å². The molecule has 0 bridgehead atoms. The highest BCUT2D eigenvalue weighted by Gasteiger charge is 2.31. The van der Waals surface area contributed by atoms with E-state index >= 15 is 0 Å². The minimum Gasteiger partial charge on any atom is -0.462 e. The Morgan fingerprint density at radius 3 is 2.55 bits per heavy atom. The number of carbonyl (C=O) groups is 1. The molecule has 3 heterocycles. The molecule has 170 valence electrons. The largest absolute Gasteiger partial charge is 0.462 e. The molecule has 3 rings (SSSR count). The Bertz CT molecular complexity index is 885. The van der Waals surface area contributed by atoms with Crippen LogP contribution in [0, 0.1) is 0 Å². The number of anilines is 1. The minimum atomic E-state index is -4.45. The molecule has 12 heteroatoms. The van der Waals surface area contributed by atoms with Gasteiger partial charge in [0.05, 0.1) is 25.0 Å². The molecule has 1 fully saturated rings. The molecule has 2 aromatic heterocycles. The van der Waals surface area contributed by atoms with Gasteiger partial charge >= 0.3 is 12.1 Å². The Kier molecular flexibility index (Phi) is 7.08. The lowest BCUT2D eigenvalue weighted by molar-refractivity contribution is -0.137. The lowest BCUT2D eigenvalue weighted by Gasteiger charge is -2.23. The molecular weight excluding hydrogens is 425 g/mol. The third kappa shape index (κ3) is 5.49. The summed E-state index contributed by atoms with van der Waals surface area (Å²) in [7, 11) is 0. The number of rotatable bonds is 6. The van der Waals surface area contributed by atoms with Gasteiger partial charge in [-0.3, -0.25) is 4.90 Å². The Hall–Kier alpha value is -2.76. The van der Waals surface area contributed by atoms with Gasteiger partial charge in [0.15, 0.2) is 0 Å². The molecule has 1 aliphatic heterocycles. The number of hydrogen-bond donors (Lipinski definition) is 0. The number of aromatic nitrogens is 3. The fourth-order valence-electron chi connectivity index (χ4n) is 3.38. The number of hydrogen-bond acceptors (Lipinski definition) is 6. The van der Waals surface area contributed by atoms with E-state index in [4.69, 9.17) is 4.74 Å². The minimum absolute atomic E-state index is 0.0490. The second-order valence-electron chi connectivity index (χ2n) is 6.97. The predicted octanol–water partition coefficient (Wildman–Crippen LogP) is 3.58. The van der Waals surface area contributed by atoms with Crippen LogP contribution in [0.25, 0.3) is 0 Å². The highest BCUT2D eigenvalue weighted by atomic mass is 19.4. The third-order valence-electron chi connectivity index (χ3n) is 4.90. The van der Waals surface area contributed by atoms with Crippen molar-refractivity contribution >= 4 is 11.8 Å². The standard InChI is InChI=1S/C19H22F5N5O2/c1-2-31-18(30)14-11-26-29(16(14)17(20)21)12-27-6-3-7-28(9-8-27)15-5-4-13(10-25-15)19(22,23)24/h4-5,10-11,17H,2-3,6-9,12H2,1H3. The molecule has 0 spiro atoms. The van der Waals surface area contributed by atoms with Crippen molar-refractivity contribution < 1.29 is 31.5 Å². The van der Waals surface area contributed by atoms with Crippen LogP contribution in [0.4, 0.5) is 27.8 Å². The van der Waals surface area contributed by atoms with Crippen molar-refractivity contribution in [3.05, 3.63) is 41.3 Å². The van der Waals surface area contributed by atoms with E-state index in [0.29, 0.717) is 38.4 Å². The summed E-state index contributed by atoms with van der Waals surface area (Å²) in [6.45, 7) is 3.73. The molecule has 0 atom stereocenters. The van der Waals surface area contributed by atoms with Crippen LogP contribution >= 0.6 is 0 Å². The van der Waals surface area contributed by atoms with E-state index in [2.05, 4.69) is 10.1 Å². The first-order valence-corrected chi connectivity index (χ1v) is 9.72. The lowest BCUT2D eigenvalue weighted by atomic mass is 10.2. The average molecular weight is 447 g/mol. The molecule has 0 N–H and O–H groups in total. The Morgan fingerprint density at radius 1 is 1.16 bits per heavy atom. The maximum absolute atomic E-state index is 13.6. The topological polar surface area (TPSA) is 63.5 Å². The summed E-state index contributed by atoms with van der Waals surface area (Å²) < 4.78 is 71.2. The molecule has 0 radical (unpaired) electrons. The highest BCUT2D eigenvalue weighted by Crippen LogP contribution is 2.29. The van der Waals surface area contributed by atoms with E-state index in [-0.39, 0.29) is 18.8 Å². The number of alkyl halides is 5. The summed E-state index contributed by atoms with van der Waals surface area (Å²) in [5, 5.41) is 3.94. The first-order valence-electron chi connectivity index (χ1n) is 9.72. The molecule has 1 saturated heterocycles. The fraction of sp³-hybridized carbons (Fsp3) is 0.526.